The van der Waals surface area contributed by atoms with Crippen LogP contribution < -0.4 is 10.2 Å². The molecule has 2 heterocycles. The smallest absolute Gasteiger partial charge is 0.239 e. The van der Waals surface area contributed by atoms with Crippen LogP contribution in [0.25, 0.3) is 0 Å². The molecule has 29 heavy (non-hydrogen) atoms. The number of aromatic hydroxyl groups is 1. The van der Waals surface area contributed by atoms with Crippen LogP contribution in [0.5, 0.6) is 5.75 Å². The van der Waals surface area contributed by atoms with Gasteiger partial charge in [0.2, 0.25) is 11.8 Å². The molecular formula is C24H20N2O3. The first-order valence-electron chi connectivity index (χ1n) is 9.68. The predicted molar refractivity (Wildman–Crippen MR) is 109 cm³/mol. The first-order valence-corrected chi connectivity index (χ1v) is 9.68. The molecule has 2 N–H and O–H groups in total. The number of benzene rings is 3. The van der Waals surface area contributed by atoms with Crippen molar-refractivity contribution in [1.82, 2.24) is 5.32 Å². The number of amides is 2. The van der Waals surface area contributed by atoms with Crippen molar-refractivity contribution < 1.29 is 14.7 Å². The minimum absolute atomic E-state index is 0.169. The van der Waals surface area contributed by atoms with Crippen LogP contribution in [-0.4, -0.2) is 16.9 Å². The number of nitrogens with zero attached hydrogens (tertiary/aromatic N) is 1. The molecule has 0 bridgehead atoms. The van der Waals surface area contributed by atoms with Gasteiger partial charge in [-0.05, 0) is 35.4 Å². The second-order valence-electron chi connectivity index (χ2n) is 7.52. The van der Waals surface area contributed by atoms with Crippen LogP contribution in [0.1, 0.15) is 23.2 Å². The summed E-state index contributed by atoms with van der Waals surface area (Å²) in [6, 6.07) is 25.1. The first kappa shape index (κ1) is 17.6. The summed E-state index contributed by atoms with van der Waals surface area (Å²) in [6.45, 7) is 0. The fourth-order valence-corrected chi connectivity index (χ4v) is 4.60. The summed E-state index contributed by atoms with van der Waals surface area (Å²) in [5.74, 6) is -1.17. The first-order chi connectivity index (χ1) is 14.1. The zero-order valence-corrected chi connectivity index (χ0v) is 15.6. The van der Waals surface area contributed by atoms with E-state index in [1.807, 2.05) is 48.5 Å². The fraction of sp³-hybridized carbons (Fsp3) is 0.167. The molecule has 2 aliphatic heterocycles. The Labute approximate surface area is 168 Å². The Morgan fingerprint density at radius 1 is 0.655 bits per heavy atom. The zero-order chi connectivity index (χ0) is 20.0. The lowest BCUT2D eigenvalue weighted by atomic mass is 9.84. The summed E-state index contributed by atoms with van der Waals surface area (Å²) < 4.78 is 0. The van der Waals surface area contributed by atoms with Crippen molar-refractivity contribution in [3.05, 3.63) is 96.1 Å². The summed E-state index contributed by atoms with van der Waals surface area (Å²) in [7, 11) is 0. The van der Waals surface area contributed by atoms with Gasteiger partial charge in [0.1, 0.15) is 5.75 Å². The third kappa shape index (κ3) is 2.82. The molecule has 2 saturated heterocycles. The fourth-order valence-electron chi connectivity index (χ4n) is 4.60. The van der Waals surface area contributed by atoms with E-state index in [2.05, 4.69) is 5.32 Å². The summed E-state index contributed by atoms with van der Waals surface area (Å²) in [5, 5.41) is 13.2. The molecular weight excluding hydrogens is 364 g/mol. The van der Waals surface area contributed by atoms with Gasteiger partial charge < -0.3 is 10.4 Å². The Bertz CT molecular complexity index is 1050. The molecule has 4 atom stereocenters. The van der Waals surface area contributed by atoms with Crippen molar-refractivity contribution in [2.45, 2.75) is 12.1 Å². The van der Waals surface area contributed by atoms with Crippen molar-refractivity contribution in [3.8, 4) is 5.75 Å². The molecule has 5 heteroatoms. The number of rotatable bonds is 3. The molecule has 5 nitrogen and oxygen atoms in total. The zero-order valence-electron chi connectivity index (χ0n) is 15.6. The third-order valence-corrected chi connectivity index (χ3v) is 5.90. The van der Waals surface area contributed by atoms with Crippen LogP contribution in [-0.2, 0) is 9.59 Å². The van der Waals surface area contributed by atoms with E-state index >= 15 is 0 Å². The summed E-state index contributed by atoms with van der Waals surface area (Å²) in [4.78, 5) is 28.2. The average Bonchev–Trinajstić information content (AvgIpc) is 3.27. The summed E-state index contributed by atoms with van der Waals surface area (Å²) in [6.07, 6.45) is 0. The van der Waals surface area contributed by atoms with Gasteiger partial charge >= 0.3 is 0 Å². The second kappa shape index (κ2) is 6.87. The quantitative estimate of drug-likeness (QED) is 0.677. The van der Waals surface area contributed by atoms with Crippen molar-refractivity contribution in [2.24, 2.45) is 11.8 Å². The number of imide groups is 1. The molecule has 0 saturated carbocycles. The number of anilines is 1. The molecule has 0 radical (unpaired) electrons. The highest BCUT2D eigenvalue weighted by molar-refractivity contribution is 6.22. The number of para-hydroxylation sites is 1. The Morgan fingerprint density at radius 3 is 1.69 bits per heavy atom. The Balaban J connectivity index is 1.60. The largest absolute Gasteiger partial charge is 0.508 e. The number of hydrogen-bond acceptors (Lipinski definition) is 4. The average molecular weight is 384 g/mol. The van der Waals surface area contributed by atoms with Gasteiger partial charge in [-0.3, -0.25) is 9.59 Å². The lowest BCUT2D eigenvalue weighted by Crippen LogP contribution is -2.36. The molecule has 3 aromatic carbocycles. The Kier molecular flexibility index (Phi) is 4.18. The van der Waals surface area contributed by atoms with Crippen LogP contribution in [0, 0.1) is 11.8 Å². The second-order valence-corrected chi connectivity index (χ2v) is 7.52. The molecule has 2 aliphatic rings. The van der Waals surface area contributed by atoms with Crippen LogP contribution in [0.3, 0.4) is 0 Å². The normalized spacial score (nSPS) is 26.0. The number of carbonyl (C=O) groups is 2. The minimum atomic E-state index is -0.502. The topological polar surface area (TPSA) is 69.6 Å². The molecule has 2 amide bonds. The number of phenols is 1. The number of nitrogens with one attached hydrogen (secondary N) is 1. The molecule has 0 aromatic heterocycles. The van der Waals surface area contributed by atoms with E-state index in [4.69, 9.17) is 0 Å². The maximum Gasteiger partial charge on any atom is 0.239 e. The third-order valence-electron chi connectivity index (χ3n) is 5.90. The molecule has 0 spiro atoms. The van der Waals surface area contributed by atoms with Crippen molar-refractivity contribution in [2.75, 3.05) is 4.90 Å². The summed E-state index contributed by atoms with van der Waals surface area (Å²) in [5.41, 5.74) is 2.47. The van der Waals surface area contributed by atoms with Crippen molar-refractivity contribution in [1.29, 1.82) is 0 Å². The van der Waals surface area contributed by atoms with Gasteiger partial charge in [-0.25, -0.2) is 4.90 Å². The number of carbonyl (C=O) groups excluding carboxylic acids is 2. The lowest BCUT2D eigenvalue weighted by molar-refractivity contribution is -0.123. The Morgan fingerprint density at radius 2 is 1.14 bits per heavy atom. The summed E-state index contributed by atoms with van der Waals surface area (Å²) >= 11 is 0. The van der Waals surface area contributed by atoms with E-state index in [1.165, 1.54) is 4.90 Å². The van der Waals surface area contributed by atoms with Gasteiger partial charge in [-0.1, -0.05) is 60.7 Å². The lowest BCUT2D eigenvalue weighted by Gasteiger charge is -2.23. The van der Waals surface area contributed by atoms with Gasteiger partial charge in [0.05, 0.1) is 17.5 Å². The van der Waals surface area contributed by atoms with E-state index in [0.717, 1.165) is 11.1 Å². The van der Waals surface area contributed by atoms with E-state index in [-0.39, 0.29) is 29.6 Å². The molecule has 0 aliphatic carbocycles. The molecule has 0 unspecified atom stereocenters. The van der Waals surface area contributed by atoms with Crippen molar-refractivity contribution >= 4 is 17.5 Å². The monoisotopic (exact) mass is 384 g/mol. The SMILES string of the molecule is O=C1[C@@H]2[C@H](C(=O)N1c1ccccc1)[C@H](c1ccccc1)N[C@@H]2c1ccc(O)cc1. The Hall–Kier alpha value is -3.44. The molecule has 5 rings (SSSR count). The van der Waals surface area contributed by atoms with Crippen LogP contribution in [0.2, 0.25) is 0 Å². The highest BCUT2D eigenvalue weighted by Gasteiger charge is 2.59. The van der Waals surface area contributed by atoms with Crippen LogP contribution in [0.4, 0.5) is 5.69 Å². The highest BCUT2D eigenvalue weighted by Crippen LogP contribution is 2.50. The molecule has 2 fully saturated rings. The number of phenolic OH excluding ortho intramolecular Hbond substituents is 1. The van der Waals surface area contributed by atoms with E-state index < -0.39 is 11.8 Å². The molecule has 144 valence electrons. The molecule has 3 aromatic rings. The van der Waals surface area contributed by atoms with Gasteiger partial charge in [0.25, 0.3) is 0 Å². The number of hydrogen-bond donors (Lipinski definition) is 2. The van der Waals surface area contributed by atoms with E-state index in [1.54, 1.807) is 36.4 Å². The van der Waals surface area contributed by atoms with Crippen molar-refractivity contribution in [3.63, 3.8) is 0 Å². The van der Waals surface area contributed by atoms with Crippen LogP contribution >= 0.6 is 0 Å². The van der Waals surface area contributed by atoms with Gasteiger partial charge in [0.15, 0.2) is 0 Å². The minimum Gasteiger partial charge on any atom is -0.508 e. The van der Waals surface area contributed by atoms with Crippen LogP contribution in [0.15, 0.2) is 84.9 Å². The maximum atomic E-state index is 13.4. The number of fused-ring (bicyclic) bond motifs is 1. The predicted octanol–water partition coefficient (Wildman–Crippen LogP) is 3.58. The van der Waals surface area contributed by atoms with E-state index in [0.29, 0.717) is 5.69 Å². The van der Waals surface area contributed by atoms with Gasteiger partial charge in [0, 0.05) is 12.1 Å². The van der Waals surface area contributed by atoms with Gasteiger partial charge in [-0.2, -0.15) is 0 Å². The van der Waals surface area contributed by atoms with Gasteiger partial charge in [-0.15, -0.1) is 0 Å². The standard InChI is InChI=1S/C24H20N2O3/c27-18-13-11-16(12-14-18)22-20-19(21(25-22)15-7-3-1-4-8-15)23(28)26(24(20)29)17-9-5-2-6-10-17/h1-14,19-22,25,27H/t19-,20+,21-,22+/m0/s1. The highest BCUT2D eigenvalue weighted by atomic mass is 16.3. The van der Waals surface area contributed by atoms with E-state index in [9.17, 15) is 14.7 Å². The maximum absolute atomic E-state index is 13.4.